The molecule has 1 amide bonds. The third-order valence-electron chi connectivity index (χ3n) is 3.39. The van der Waals surface area contributed by atoms with E-state index in [0.29, 0.717) is 24.5 Å². The summed E-state index contributed by atoms with van der Waals surface area (Å²) in [6.45, 7) is 2.69. The number of carbonyl (C=O) groups excluding carboxylic acids is 1. The number of anilines is 1. The summed E-state index contributed by atoms with van der Waals surface area (Å²) in [4.78, 5) is 11.8. The van der Waals surface area contributed by atoms with Crippen molar-refractivity contribution in [1.82, 2.24) is 0 Å². The Bertz CT molecular complexity index is 626. The van der Waals surface area contributed by atoms with Crippen LogP contribution < -0.4 is 10.1 Å². The number of aryl methyl sites for hydroxylation is 1. The molecular weight excluding hydrogens is 310 g/mol. The van der Waals surface area contributed by atoms with Crippen LogP contribution in [0.15, 0.2) is 48.5 Å². The second kappa shape index (κ2) is 9.21. The molecule has 0 aliphatic carbocycles. The second-order valence-corrected chi connectivity index (χ2v) is 5.84. The summed E-state index contributed by atoms with van der Waals surface area (Å²) in [5.41, 5.74) is 2.04. The van der Waals surface area contributed by atoms with Crippen LogP contribution in [0.4, 0.5) is 5.69 Å². The Morgan fingerprint density at radius 2 is 1.96 bits per heavy atom. The Labute approximate surface area is 142 Å². The van der Waals surface area contributed by atoms with Crippen molar-refractivity contribution in [1.29, 1.82) is 0 Å². The molecule has 0 saturated heterocycles. The van der Waals surface area contributed by atoms with Gasteiger partial charge in [0.25, 0.3) is 0 Å². The van der Waals surface area contributed by atoms with Crippen molar-refractivity contribution in [2.45, 2.75) is 32.6 Å². The maximum Gasteiger partial charge on any atom is 0.224 e. The molecule has 0 unspecified atom stereocenters. The molecule has 2 aromatic rings. The Morgan fingerprint density at radius 1 is 1.17 bits per heavy atom. The van der Waals surface area contributed by atoms with Gasteiger partial charge in [-0.15, -0.1) is 0 Å². The Kier molecular flexibility index (Phi) is 6.95. The molecule has 0 atom stereocenters. The first kappa shape index (κ1) is 17.4. The predicted octanol–water partition coefficient (Wildman–Crippen LogP) is 5.09. The van der Waals surface area contributed by atoms with Gasteiger partial charge in [-0.3, -0.25) is 4.79 Å². The molecule has 2 rings (SSSR count). The molecule has 0 aromatic heterocycles. The SMILES string of the molecule is CCCc1ccc(OCCCC(=O)Nc2cccc(Cl)c2)cc1. The monoisotopic (exact) mass is 331 g/mol. The first-order valence-corrected chi connectivity index (χ1v) is 8.32. The molecule has 0 bridgehead atoms. The minimum Gasteiger partial charge on any atom is -0.494 e. The first-order chi connectivity index (χ1) is 11.2. The molecule has 0 radical (unpaired) electrons. The molecule has 4 heteroatoms. The fraction of sp³-hybridized carbons (Fsp3) is 0.316. The van der Waals surface area contributed by atoms with Crippen molar-refractivity contribution in [2.24, 2.45) is 0 Å². The molecule has 0 saturated carbocycles. The number of rotatable bonds is 8. The summed E-state index contributed by atoms with van der Waals surface area (Å²) in [6, 6.07) is 15.3. The van der Waals surface area contributed by atoms with Crippen LogP contribution in [0.3, 0.4) is 0 Å². The van der Waals surface area contributed by atoms with E-state index in [1.54, 1.807) is 12.1 Å². The topological polar surface area (TPSA) is 38.3 Å². The van der Waals surface area contributed by atoms with Crippen LogP contribution >= 0.6 is 11.6 Å². The van der Waals surface area contributed by atoms with Crippen molar-refractivity contribution in [3.8, 4) is 5.75 Å². The number of hydrogen-bond donors (Lipinski definition) is 1. The van der Waals surface area contributed by atoms with E-state index in [2.05, 4.69) is 24.4 Å². The van der Waals surface area contributed by atoms with Crippen molar-refractivity contribution in [3.63, 3.8) is 0 Å². The van der Waals surface area contributed by atoms with Crippen molar-refractivity contribution in [3.05, 3.63) is 59.1 Å². The van der Waals surface area contributed by atoms with E-state index < -0.39 is 0 Å². The van der Waals surface area contributed by atoms with Crippen LogP contribution in [-0.2, 0) is 11.2 Å². The smallest absolute Gasteiger partial charge is 0.224 e. The normalized spacial score (nSPS) is 10.3. The Morgan fingerprint density at radius 3 is 2.65 bits per heavy atom. The van der Waals surface area contributed by atoms with E-state index >= 15 is 0 Å². The van der Waals surface area contributed by atoms with Crippen LogP contribution in [0, 0.1) is 0 Å². The van der Waals surface area contributed by atoms with Gasteiger partial charge in [0.15, 0.2) is 0 Å². The van der Waals surface area contributed by atoms with Gasteiger partial charge in [0.1, 0.15) is 5.75 Å². The van der Waals surface area contributed by atoms with Crippen LogP contribution in [0.2, 0.25) is 5.02 Å². The van der Waals surface area contributed by atoms with Gasteiger partial charge in [-0.2, -0.15) is 0 Å². The van der Waals surface area contributed by atoms with Gasteiger partial charge < -0.3 is 10.1 Å². The molecule has 0 fully saturated rings. The number of benzene rings is 2. The fourth-order valence-corrected chi connectivity index (χ4v) is 2.44. The lowest BCUT2D eigenvalue weighted by atomic mass is 10.1. The molecule has 0 heterocycles. The van der Waals surface area contributed by atoms with E-state index in [4.69, 9.17) is 16.3 Å². The summed E-state index contributed by atoms with van der Waals surface area (Å²) in [7, 11) is 0. The lowest BCUT2D eigenvalue weighted by molar-refractivity contribution is -0.116. The molecule has 122 valence electrons. The number of hydrogen-bond acceptors (Lipinski definition) is 2. The zero-order chi connectivity index (χ0) is 16.5. The number of nitrogens with one attached hydrogen (secondary N) is 1. The molecule has 0 aliphatic heterocycles. The van der Waals surface area contributed by atoms with Crippen molar-refractivity contribution < 1.29 is 9.53 Å². The molecular formula is C19H22ClNO2. The van der Waals surface area contributed by atoms with Crippen LogP contribution in [0.1, 0.15) is 31.7 Å². The third-order valence-corrected chi connectivity index (χ3v) is 3.62. The third kappa shape index (κ3) is 6.33. The average molecular weight is 332 g/mol. The van der Waals surface area contributed by atoms with Gasteiger partial charge in [-0.1, -0.05) is 43.1 Å². The quantitative estimate of drug-likeness (QED) is 0.684. The highest BCUT2D eigenvalue weighted by atomic mass is 35.5. The van der Waals surface area contributed by atoms with E-state index in [1.807, 2.05) is 24.3 Å². The zero-order valence-electron chi connectivity index (χ0n) is 13.3. The standard InChI is InChI=1S/C19H22ClNO2/c1-2-5-15-9-11-18(12-10-15)23-13-4-8-19(22)21-17-7-3-6-16(20)14-17/h3,6-7,9-12,14H,2,4-5,8,13H2,1H3,(H,21,22). The van der Waals surface area contributed by atoms with E-state index in [-0.39, 0.29) is 5.91 Å². The molecule has 2 aromatic carbocycles. The fourth-order valence-electron chi connectivity index (χ4n) is 2.25. The Balaban J connectivity index is 1.67. The van der Waals surface area contributed by atoms with Gasteiger partial charge in [0, 0.05) is 17.1 Å². The highest BCUT2D eigenvalue weighted by Crippen LogP contribution is 2.16. The predicted molar refractivity (Wildman–Crippen MR) is 95.2 cm³/mol. The Hall–Kier alpha value is -2.00. The lowest BCUT2D eigenvalue weighted by Crippen LogP contribution is -2.12. The maximum atomic E-state index is 11.8. The van der Waals surface area contributed by atoms with Gasteiger partial charge in [0.2, 0.25) is 5.91 Å². The molecule has 3 nitrogen and oxygen atoms in total. The van der Waals surface area contributed by atoms with E-state index in [0.717, 1.165) is 24.3 Å². The van der Waals surface area contributed by atoms with Crippen LogP contribution in [0.5, 0.6) is 5.75 Å². The molecule has 0 aliphatic rings. The largest absolute Gasteiger partial charge is 0.494 e. The lowest BCUT2D eigenvalue weighted by Gasteiger charge is -2.08. The maximum absolute atomic E-state index is 11.8. The van der Waals surface area contributed by atoms with Crippen molar-refractivity contribution in [2.75, 3.05) is 11.9 Å². The number of carbonyl (C=O) groups is 1. The van der Waals surface area contributed by atoms with Gasteiger partial charge in [-0.25, -0.2) is 0 Å². The average Bonchev–Trinajstić information content (AvgIpc) is 2.53. The second-order valence-electron chi connectivity index (χ2n) is 5.40. The summed E-state index contributed by atoms with van der Waals surface area (Å²) in [5, 5.41) is 3.43. The van der Waals surface area contributed by atoms with E-state index in [9.17, 15) is 4.79 Å². The highest BCUT2D eigenvalue weighted by Gasteiger charge is 2.03. The van der Waals surface area contributed by atoms with Crippen molar-refractivity contribution >= 4 is 23.2 Å². The summed E-state index contributed by atoms with van der Waals surface area (Å²) >= 11 is 5.88. The highest BCUT2D eigenvalue weighted by molar-refractivity contribution is 6.30. The van der Waals surface area contributed by atoms with Crippen LogP contribution in [-0.4, -0.2) is 12.5 Å². The number of halogens is 1. The summed E-state index contributed by atoms with van der Waals surface area (Å²) in [6.07, 6.45) is 3.31. The first-order valence-electron chi connectivity index (χ1n) is 7.94. The molecule has 23 heavy (non-hydrogen) atoms. The van der Waals surface area contributed by atoms with Gasteiger partial charge in [0.05, 0.1) is 6.61 Å². The van der Waals surface area contributed by atoms with Gasteiger partial charge >= 0.3 is 0 Å². The summed E-state index contributed by atoms with van der Waals surface area (Å²) < 4.78 is 5.66. The zero-order valence-corrected chi connectivity index (χ0v) is 14.1. The number of ether oxygens (including phenoxy) is 1. The van der Waals surface area contributed by atoms with Crippen LogP contribution in [0.25, 0.3) is 0 Å². The summed E-state index contributed by atoms with van der Waals surface area (Å²) in [5.74, 6) is 0.814. The minimum absolute atomic E-state index is 0.0332. The van der Waals surface area contributed by atoms with Gasteiger partial charge in [-0.05, 0) is 48.7 Å². The van der Waals surface area contributed by atoms with E-state index in [1.165, 1.54) is 5.56 Å². The molecule has 1 N–H and O–H groups in total. The minimum atomic E-state index is -0.0332. The molecule has 0 spiro atoms. The number of amides is 1.